The van der Waals surface area contributed by atoms with Gasteiger partial charge in [0.15, 0.2) is 0 Å². The fourth-order valence-electron chi connectivity index (χ4n) is 1.68. The minimum atomic E-state index is 0.617. The highest BCUT2D eigenvalue weighted by molar-refractivity contribution is 5.88. The Labute approximate surface area is 89.4 Å². The summed E-state index contributed by atoms with van der Waals surface area (Å²) < 4.78 is 0. The first-order chi connectivity index (χ1) is 7.33. The van der Waals surface area contributed by atoms with Crippen molar-refractivity contribution in [2.75, 3.05) is 0 Å². The van der Waals surface area contributed by atoms with Gasteiger partial charge in [-0.1, -0.05) is 48.5 Å². The van der Waals surface area contributed by atoms with Crippen molar-refractivity contribution < 1.29 is 4.79 Å². The van der Waals surface area contributed by atoms with E-state index in [0.717, 1.165) is 11.1 Å². The summed E-state index contributed by atoms with van der Waals surface area (Å²) in [7, 11) is 0. The Kier molecular flexibility index (Phi) is 2.64. The maximum Gasteiger partial charge on any atom is 0.234 e. The number of rotatable bonds is 2. The van der Waals surface area contributed by atoms with Crippen LogP contribution < -0.4 is 0 Å². The molecule has 73 valence electrons. The van der Waals surface area contributed by atoms with Gasteiger partial charge in [-0.3, -0.25) is 4.79 Å². The minimum absolute atomic E-state index is 0.617. The molecule has 0 spiro atoms. The third-order valence-corrected chi connectivity index (χ3v) is 2.47. The van der Waals surface area contributed by atoms with Gasteiger partial charge in [-0.05, 0) is 23.6 Å². The summed E-state index contributed by atoms with van der Waals surface area (Å²) in [4.78, 5) is 10.8. The lowest BCUT2D eigenvalue weighted by Crippen LogP contribution is -1.89. The van der Waals surface area contributed by atoms with E-state index in [1.54, 1.807) is 6.07 Å². The predicted molar refractivity (Wildman–Crippen MR) is 61.4 cm³/mol. The normalized spacial score (nSPS) is 9.93. The Morgan fingerprint density at radius 3 is 2.13 bits per heavy atom. The molecule has 1 nitrogen and oxygen atoms in total. The molecule has 0 amide bonds. The van der Waals surface area contributed by atoms with Crippen molar-refractivity contribution in [1.82, 2.24) is 0 Å². The van der Waals surface area contributed by atoms with Crippen molar-refractivity contribution in [2.45, 2.75) is 6.92 Å². The zero-order valence-corrected chi connectivity index (χ0v) is 8.53. The number of hydrogen-bond acceptors (Lipinski definition) is 1. The second kappa shape index (κ2) is 4.09. The SMILES string of the molecule is Cc1ccccc1-c1ccccc1[C]=O. The van der Waals surface area contributed by atoms with Crippen molar-refractivity contribution >= 4 is 6.29 Å². The first-order valence-corrected chi connectivity index (χ1v) is 4.86. The smallest absolute Gasteiger partial charge is 0.234 e. The van der Waals surface area contributed by atoms with Crippen LogP contribution in [0.4, 0.5) is 0 Å². The number of aryl methyl sites for hydroxylation is 1. The van der Waals surface area contributed by atoms with Crippen LogP contribution in [-0.2, 0) is 4.79 Å². The van der Waals surface area contributed by atoms with Crippen molar-refractivity contribution in [2.24, 2.45) is 0 Å². The van der Waals surface area contributed by atoms with Crippen LogP contribution in [-0.4, -0.2) is 6.29 Å². The molecule has 0 saturated carbocycles. The Morgan fingerprint density at radius 2 is 1.47 bits per heavy atom. The van der Waals surface area contributed by atoms with E-state index in [4.69, 9.17) is 0 Å². The Morgan fingerprint density at radius 1 is 0.867 bits per heavy atom. The summed E-state index contributed by atoms with van der Waals surface area (Å²) >= 11 is 0. The van der Waals surface area contributed by atoms with Gasteiger partial charge in [-0.2, -0.15) is 0 Å². The molecule has 0 aromatic heterocycles. The fourth-order valence-corrected chi connectivity index (χ4v) is 1.68. The summed E-state index contributed by atoms with van der Waals surface area (Å²) in [5.41, 5.74) is 3.83. The van der Waals surface area contributed by atoms with Gasteiger partial charge in [0.1, 0.15) is 0 Å². The zero-order valence-electron chi connectivity index (χ0n) is 8.53. The van der Waals surface area contributed by atoms with Crippen LogP contribution in [0.3, 0.4) is 0 Å². The first kappa shape index (κ1) is 9.66. The maximum absolute atomic E-state index is 10.8. The molecule has 0 aliphatic heterocycles. The molecule has 2 aromatic carbocycles. The van der Waals surface area contributed by atoms with E-state index in [1.165, 1.54) is 5.56 Å². The van der Waals surface area contributed by atoms with Gasteiger partial charge in [-0.25, -0.2) is 0 Å². The molecule has 0 fully saturated rings. The van der Waals surface area contributed by atoms with Crippen molar-refractivity contribution in [3.63, 3.8) is 0 Å². The van der Waals surface area contributed by atoms with Crippen molar-refractivity contribution in [3.8, 4) is 11.1 Å². The van der Waals surface area contributed by atoms with Crippen LogP contribution in [0.5, 0.6) is 0 Å². The van der Waals surface area contributed by atoms with Crippen LogP contribution in [0.15, 0.2) is 48.5 Å². The molecule has 0 atom stereocenters. The average Bonchev–Trinajstić information content (AvgIpc) is 2.30. The summed E-state index contributed by atoms with van der Waals surface area (Å²) in [6, 6.07) is 15.5. The van der Waals surface area contributed by atoms with E-state index in [0.29, 0.717) is 5.56 Å². The van der Waals surface area contributed by atoms with Gasteiger partial charge >= 0.3 is 0 Å². The summed E-state index contributed by atoms with van der Waals surface area (Å²) in [6.45, 7) is 2.04. The summed E-state index contributed by atoms with van der Waals surface area (Å²) in [5, 5.41) is 0. The van der Waals surface area contributed by atoms with Gasteiger partial charge in [0.05, 0.1) is 0 Å². The topological polar surface area (TPSA) is 17.1 Å². The molecule has 0 heterocycles. The molecule has 2 rings (SSSR count). The molecule has 0 saturated heterocycles. The third kappa shape index (κ3) is 1.82. The highest BCUT2D eigenvalue weighted by Gasteiger charge is 2.05. The molecule has 0 bridgehead atoms. The third-order valence-electron chi connectivity index (χ3n) is 2.47. The van der Waals surface area contributed by atoms with Gasteiger partial charge in [0.25, 0.3) is 0 Å². The minimum Gasteiger partial charge on any atom is -0.285 e. The quantitative estimate of drug-likeness (QED) is 0.719. The zero-order chi connectivity index (χ0) is 10.7. The molecular formula is C14H11O. The van der Waals surface area contributed by atoms with Gasteiger partial charge in [0, 0.05) is 5.56 Å². The van der Waals surface area contributed by atoms with E-state index in [-0.39, 0.29) is 0 Å². The van der Waals surface area contributed by atoms with E-state index < -0.39 is 0 Å². The van der Waals surface area contributed by atoms with Crippen LogP contribution in [0.2, 0.25) is 0 Å². The lowest BCUT2D eigenvalue weighted by molar-refractivity contribution is 0.563. The summed E-state index contributed by atoms with van der Waals surface area (Å²) in [6.07, 6.45) is 1.97. The highest BCUT2D eigenvalue weighted by Crippen LogP contribution is 2.25. The lowest BCUT2D eigenvalue weighted by Gasteiger charge is -2.07. The predicted octanol–water partition coefficient (Wildman–Crippen LogP) is 3.12. The fraction of sp³-hybridized carbons (Fsp3) is 0.0714. The van der Waals surface area contributed by atoms with Crippen molar-refractivity contribution in [3.05, 3.63) is 59.7 Å². The van der Waals surface area contributed by atoms with E-state index >= 15 is 0 Å². The number of hydrogen-bond donors (Lipinski definition) is 0. The van der Waals surface area contributed by atoms with Crippen molar-refractivity contribution in [1.29, 1.82) is 0 Å². The molecular weight excluding hydrogens is 184 g/mol. The molecule has 2 aromatic rings. The molecule has 15 heavy (non-hydrogen) atoms. The van der Waals surface area contributed by atoms with E-state index in [1.807, 2.05) is 55.7 Å². The van der Waals surface area contributed by atoms with Gasteiger partial charge < -0.3 is 0 Å². The van der Waals surface area contributed by atoms with Crippen LogP contribution in [0, 0.1) is 6.92 Å². The molecule has 0 unspecified atom stereocenters. The Hall–Kier alpha value is -1.89. The van der Waals surface area contributed by atoms with Gasteiger partial charge in [-0.15, -0.1) is 0 Å². The largest absolute Gasteiger partial charge is 0.285 e. The molecule has 0 N–H and O–H groups in total. The number of benzene rings is 2. The first-order valence-electron chi connectivity index (χ1n) is 4.86. The van der Waals surface area contributed by atoms with E-state index in [2.05, 4.69) is 0 Å². The average molecular weight is 195 g/mol. The Balaban J connectivity index is 2.64. The van der Waals surface area contributed by atoms with Crippen LogP contribution in [0.1, 0.15) is 11.1 Å². The summed E-state index contributed by atoms with van der Waals surface area (Å²) in [5.74, 6) is 0. The molecule has 1 heteroatoms. The molecule has 1 radical (unpaired) electrons. The highest BCUT2D eigenvalue weighted by atomic mass is 16.1. The van der Waals surface area contributed by atoms with Crippen LogP contribution >= 0.6 is 0 Å². The maximum atomic E-state index is 10.8. The standard InChI is InChI=1S/C14H11O/c1-11-6-2-4-8-13(11)14-9-5-3-7-12(14)10-15/h2-9H,1H3. The lowest BCUT2D eigenvalue weighted by atomic mass is 9.97. The molecule has 0 aliphatic carbocycles. The number of carbonyl (C=O) groups excluding carboxylic acids is 1. The second-order valence-corrected chi connectivity index (χ2v) is 3.46. The second-order valence-electron chi connectivity index (χ2n) is 3.46. The molecule has 0 aliphatic rings. The van der Waals surface area contributed by atoms with Gasteiger partial charge in [0.2, 0.25) is 6.29 Å². The van der Waals surface area contributed by atoms with E-state index in [9.17, 15) is 4.79 Å². The van der Waals surface area contributed by atoms with Crippen LogP contribution in [0.25, 0.3) is 11.1 Å². The Bertz CT molecular complexity index is 486. The monoisotopic (exact) mass is 195 g/mol.